The predicted octanol–water partition coefficient (Wildman–Crippen LogP) is 10.4. The van der Waals surface area contributed by atoms with Gasteiger partial charge in [0, 0.05) is 72.9 Å². The second kappa shape index (κ2) is 17.3. The number of nitrogens with one attached hydrogen (secondary N) is 2. The number of nitrogens with zero attached hydrogens (tertiary/aromatic N) is 1. The summed E-state index contributed by atoms with van der Waals surface area (Å²) in [4.78, 5) is 47.3. The van der Waals surface area contributed by atoms with Crippen LogP contribution < -0.4 is 5.32 Å². The Hall–Kier alpha value is -3.41. The molecule has 10 heteroatoms. The first-order valence-corrected chi connectivity index (χ1v) is 27.7. The zero-order valence-electron chi connectivity index (χ0n) is 43.7. The Kier molecular flexibility index (Phi) is 12.1. The standard InChI is InChI=1S/C60H83N3O7/c1-55(2)54(70-55)45(66)29-56(3)19-14-37-31-62-50-41(43(34-64)40-27-38(35-12-10-9-11-13-35)26-39(28-40)36-17-24-69-25-18-36)32-63(51(37)50)33-42-48-49(56)44(65)30-60(48,7)59(6)21-15-46-57(4,22-23-61-8)47(67)16-20-58(46,5)53(59)52(42)68/h26-28,31-32,34-36,42-43,45-46,52-54,61-62,66,68H,9-25,29-30,33H2,1-8H3/t42-,43-,45-,46+,52-,53-,54-,56+,57+,58-,59+,60+/m1/s1. The van der Waals surface area contributed by atoms with E-state index in [1.807, 2.05) is 20.9 Å². The molecule has 380 valence electrons. The second-order valence-electron chi connectivity index (χ2n) is 26.0. The van der Waals surface area contributed by atoms with Crippen molar-refractivity contribution < 1.29 is 34.1 Å². The number of aliphatic hydroxyl groups is 2. The largest absolute Gasteiger partial charge is 0.392 e. The van der Waals surface area contributed by atoms with Gasteiger partial charge in [-0.3, -0.25) is 9.59 Å². The van der Waals surface area contributed by atoms with Gasteiger partial charge in [0.25, 0.3) is 0 Å². The molecule has 70 heavy (non-hydrogen) atoms. The molecule has 10 nitrogen and oxygen atoms in total. The van der Waals surface area contributed by atoms with Crippen LogP contribution in [0.15, 0.2) is 41.7 Å². The van der Waals surface area contributed by atoms with E-state index in [2.05, 4.69) is 80.1 Å². The lowest BCUT2D eigenvalue weighted by Crippen LogP contribution is -2.68. The van der Waals surface area contributed by atoms with E-state index < -0.39 is 51.3 Å². The molecule has 11 rings (SSSR count). The van der Waals surface area contributed by atoms with Gasteiger partial charge >= 0.3 is 0 Å². The Labute approximate surface area is 416 Å². The van der Waals surface area contributed by atoms with Gasteiger partial charge in [-0.05, 0) is 166 Å². The molecule has 4 N–H and O–H groups in total. The van der Waals surface area contributed by atoms with Gasteiger partial charge in [-0.25, -0.2) is 0 Å². The smallest absolute Gasteiger partial charge is 0.160 e. The number of aliphatic hydroxyl groups excluding tert-OH is 2. The van der Waals surface area contributed by atoms with Crippen LogP contribution in [0.4, 0.5) is 0 Å². The number of ketones is 2. The zero-order chi connectivity index (χ0) is 49.3. The highest BCUT2D eigenvalue weighted by atomic mass is 16.6. The lowest BCUT2D eigenvalue weighted by molar-refractivity contribution is -0.222. The maximum atomic E-state index is 15.5. The average molecular weight is 958 g/mol. The van der Waals surface area contributed by atoms with E-state index in [-0.39, 0.29) is 29.1 Å². The molecule has 8 aliphatic rings. The Morgan fingerprint density at radius 3 is 2.29 bits per heavy atom. The molecule has 0 spiro atoms. The zero-order valence-corrected chi connectivity index (χ0v) is 43.7. The van der Waals surface area contributed by atoms with Crippen molar-refractivity contribution in [2.24, 2.45) is 44.8 Å². The van der Waals surface area contributed by atoms with Crippen molar-refractivity contribution in [3.63, 3.8) is 0 Å². The van der Waals surface area contributed by atoms with Crippen molar-refractivity contribution in [2.75, 3.05) is 26.8 Å². The van der Waals surface area contributed by atoms with Crippen molar-refractivity contribution in [3.05, 3.63) is 69.6 Å². The third-order valence-electron chi connectivity index (χ3n) is 21.8. The Bertz CT molecular complexity index is 2560. The topological polar surface area (TPSA) is 146 Å². The number of Topliss-reactive ketones (excluding diaryl/α,β-unsaturated/α-hetero) is 2. The molecule has 5 aliphatic carbocycles. The van der Waals surface area contributed by atoms with Crippen LogP contribution in [-0.2, 0) is 36.8 Å². The number of aromatic amines is 1. The van der Waals surface area contributed by atoms with E-state index in [0.29, 0.717) is 56.3 Å². The van der Waals surface area contributed by atoms with E-state index in [9.17, 15) is 19.8 Å². The molecule has 12 atom stereocenters. The molecule has 0 bridgehead atoms. The maximum absolute atomic E-state index is 15.5. The number of aromatic nitrogens is 2. The molecule has 3 aliphatic heterocycles. The van der Waals surface area contributed by atoms with Gasteiger partial charge in [0.2, 0.25) is 0 Å². The Balaban J connectivity index is 1.08. The van der Waals surface area contributed by atoms with E-state index in [1.165, 1.54) is 43.2 Å². The van der Waals surface area contributed by atoms with Gasteiger partial charge < -0.3 is 39.3 Å². The number of benzene rings is 1. The molecule has 5 heterocycles. The summed E-state index contributed by atoms with van der Waals surface area (Å²) in [6, 6.07) is 7.12. The molecular formula is C60H83N3O7. The van der Waals surface area contributed by atoms with Crippen molar-refractivity contribution in [2.45, 2.75) is 199 Å². The number of aldehydes is 1. The van der Waals surface area contributed by atoms with Crippen LogP contribution in [-0.4, -0.2) is 88.3 Å². The molecule has 6 fully saturated rings. The molecule has 1 aromatic carbocycles. The molecular weight excluding hydrogens is 875 g/mol. The molecule has 2 saturated heterocycles. The summed E-state index contributed by atoms with van der Waals surface area (Å²) in [5.41, 5.74) is 6.77. The number of epoxide rings is 1. The summed E-state index contributed by atoms with van der Waals surface area (Å²) in [7, 11) is 1.96. The number of carbonyl (C=O) groups is 3. The van der Waals surface area contributed by atoms with E-state index >= 15 is 4.79 Å². The van der Waals surface area contributed by atoms with Crippen LogP contribution in [0.3, 0.4) is 0 Å². The number of aryl methyl sites for hydroxylation is 1. The SMILES string of the molecule is CNCC[C@]1(C)C(=O)CC[C@@]2(C)[C@H]3[C@H](O)[C@@H]4Cn5cc([C@H](C=O)c6cc(C7CCCCC7)cc(C7CCOCC7)c6)c6[nH]cc(c65)CC[C@@](C)(C[C@@H](O)[C@H]5OC5(C)C)C5=C4[C@](C)(CC5=O)[C@@]3(C)CC[C@H]21. The van der Waals surface area contributed by atoms with Crippen LogP contribution in [0, 0.1) is 44.8 Å². The van der Waals surface area contributed by atoms with Crippen LogP contribution in [0.25, 0.3) is 11.0 Å². The molecule has 0 unspecified atom stereocenters. The van der Waals surface area contributed by atoms with E-state index in [0.717, 1.165) is 103 Å². The molecule has 0 amide bonds. The minimum absolute atomic E-state index is 0.0970. The normalized spacial score (nSPS) is 38.5. The van der Waals surface area contributed by atoms with Gasteiger partial charge in [-0.1, -0.05) is 72.1 Å². The third-order valence-corrected chi connectivity index (χ3v) is 21.8. The first kappa shape index (κ1) is 48.8. The summed E-state index contributed by atoms with van der Waals surface area (Å²) in [6.45, 7) is 18.3. The molecule has 0 radical (unpaired) electrons. The minimum Gasteiger partial charge on any atom is -0.392 e. The quantitative estimate of drug-likeness (QED) is 0.110. The van der Waals surface area contributed by atoms with E-state index in [1.54, 1.807) is 0 Å². The highest BCUT2D eigenvalue weighted by molar-refractivity contribution is 6.02. The van der Waals surface area contributed by atoms with Crippen molar-refractivity contribution in [3.8, 4) is 0 Å². The summed E-state index contributed by atoms with van der Waals surface area (Å²) in [5, 5.41) is 29.3. The first-order chi connectivity index (χ1) is 33.3. The summed E-state index contributed by atoms with van der Waals surface area (Å²) in [6.07, 6.45) is 17.4. The number of hydrogen-bond donors (Lipinski definition) is 4. The third kappa shape index (κ3) is 7.34. The molecule has 3 aromatic rings. The number of ether oxygens (including phenoxy) is 2. The lowest BCUT2D eigenvalue weighted by atomic mass is 9.34. The number of fused-ring (bicyclic) bond motifs is 4. The Morgan fingerprint density at radius 2 is 1.61 bits per heavy atom. The van der Waals surface area contributed by atoms with Crippen molar-refractivity contribution in [1.82, 2.24) is 14.9 Å². The number of rotatable bonds is 11. The minimum atomic E-state index is -0.804. The van der Waals surface area contributed by atoms with Gasteiger partial charge in [-0.15, -0.1) is 0 Å². The number of carbonyl (C=O) groups excluding carboxylic acids is 3. The van der Waals surface area contributed by atoms with Crippen LogP contribution in [0.5, 0.6) is 0 Å². The second-order valence-corrected chi connectivity index (χ2v) is 26.0. The highest BCUT2D eigenvalue weighted by Crippen LogP contribution is 2.76. The van der Waals surface area contributed by atoms with Crippen molar-refractivity contribution >= 4 is 28.9 Å². The monoisotopic (exact) mass is 958 g/mol. The highest BCUT2D eigenvalue weighted by Gasteiger charge is 2.73. The van der Waals surface area contributed by atoms with Crippen molar-refractivity contribution in [1.29, 1.82) is 0 Å². The van der Waals surface area contributed by atoms with Crippen LogP contribution in [0.1, 0.15) is 190 Å². The fourth-order valence-corrected chi connectivity index (χ4v) is 17.9. The maximum Gasteiger partial charge on any atom is 0.160 e. The lowest BCUT2D eigenvalue weighted by Gasteiger charge is -2.70. The number of allylic oxidation sites excluding steroid dienone is 1. The predicted molar refractivity (Wildman–Crippen MR) is 273 cm³/mol. The summed E-state index contributed by atoms with van der Waals surface area (Å²) < 4.78 is 14.3. The van der Waals surface area contributed by atoms with E-state index in [4.69, 9.17) is 9.47 Å². The molecule has 4 saturated carbocycles. The molecule has 2 aromatic heterocycles. The Morgan fingerprint density at radius 1 is 0.914 bits per heavy atom. The average Bonchev–Trinajstić information content (AvgIpc) is 3.57. The van der Waals surface area contributed by atoms with Gasteiger partial charge in [0.15, 0.2) is 5.78 Å². The fourth-order valence-electron chi connectivity index (χ4n) is 17.9. The number of H-pyrrole nitrogens is 1. The summed E-state index contributed by atoms with van der Waals surface area (Å²) in [5.74, 6) is 0.381. The van der Waals surface area contributed by atoms with Crippen LogP contribution >= 0.6 is 0 Å². The van der Waals surface area contributed by atoms with Crippen LogP contribution in [0.2, 0.25) is 0 Å². The van der Waals surface area contributed by atoms with Gasteiger partial charge in [0.05, 0.1) is 34.8 Å². The summed E-state index contributed by atoms with van der Waals surface area (Å²) >= 11 is 0. The van der Waals surface area contributed by atoms with Gasteiger partial charge in [0.1, 0.15) is 18.2 Å². The van der Waals surface area contributed by atoms with Gasteiger partial charge in [-0.2, -0.15) is 0 Å². The number of hydrogen-bond acceptors (Lipinski definition) is 8. The fraction of sp³-hybridized carbons (Fsp3) is 0.717. The first-order valence-electron chi connectivity index (χ1n) is 27.7.